The van der Waals surface area contributed by atoms with E-state index in [1.807, 2.05) is 0 Å². The molecule has 0 fully saturated rings. The van der Waals surface area contributed by atoms with Gasteiger partial charge in [0.05, 0.1) is 22.3 Å². The molecule has 0 aliphatic heterocycles. The molecular formula is C22H16O8. The lowest BCUT2D eigenvalue weighted by atomic mass is 9.95. The van der Waals surface area contributed by atoms with Gasteiger partial charge < -0.3 is 20.4 Å². The average Bonchev–Trinajstić information content (AvgIpc) is 2.74. The van der Waals surface area contributed by atoms with E-state index in [1.165, 1.54) is 36.4 Å². The van der Waals surface area contributed by atoms with Crippen LogP contribution >= 0.6 is 0 Å². The third-order valence-corrected chi connectivity index (χ3v) is 3.99. The first kappa shape index (κ1) is 21.8. The van der Waals surface area contributed by atoms with Crippen molar-refractivity contribution >= 4 is 23.9 Å². The summed E-state index contributed by atoms with van der Waals surface area (Å²) in [5, 5.41) is 35.3. The number of carbonyl (C=O) groups is 4. The molecule has 0 aliphatic rings. The predicted molar refractivity (Wildman–Crippen MR) is 106 cm³/mol. The molecule has 8 heteroatoms. The van der Waals surface area contributed by atoms with Crippen LogP contribution in [0.2, 0.25) is 0 Å². The van der Waals surface area contributed by atoms with Gasteiger partial charge in [0, 0.05) is 0 Å². The van der Waals surface area contributed by atoms with Crippen molar-refractivity contribution in [2.24, 2.45) is 0 Å². The first-order chi connectivity index (χ1) is 14.2. The van der Waals surface area contributed by atoms with Crippen molar-refractivity contribution in [1.29, 1.82) is 0 Å². The summed E-state index contributed by atoms with van der Waals surface area (Å²) in [4.78, 5) is 43.2. The molecule has 0 aliphatic carbocycles. The monoisotopic (exact) mass is 408 g/mol. The Morgan fingerprint density at radius 1 is 0.400 bits per heavy atom. The maximum Gasteiger partial charge on any atom is 0.336 e. The Hall–Kier alpha value is -4.46. The number of carboxylic acids is 4. The molecule has 3 aromatic rings. The van der Waals surface area contributed by atoms with Gasteiger partial charge in [0.2, 0.25) is 0 Å². The van der Waals surface area contributed by atoms with Crippen molar-refractivity contribution in [3.8, 4) is 11.1 Å². The normalized spacial score (nSPS) is 9.73. The fraction of sp³-hybridized carbons (Fsp3) is 0. The van der Waals surface area contributed by atoms with Crippen molar-refractivity contribution < 1.29 is 39.6 Å². The van der Waals surface area contributed by atoms with Crippen LogP contribution in [0.3, 0.4) is 0 Å². The molecule has 0 unspecified atom stereocenters. The Morgan fingerprint density at radius 3 is 0.900 bits per heavy atom. The van der Waals surface area contributed by atoms with Crippen LogP contribution in [0.25, 0.3) is 11.1 Å². The van der Waals surface area contributed by atoms with Gasteiger partial charge >= 0.3 is 23.9 Å². The Kier molecular flexibility index (Phi) is 7.02. The molecule has 0 saturated carbocycles. The first-order valence-electron chi connectivity index (χ1n) is 8.44. The second-order valence-corrected chi connectivity index (χ2v) is 5.86. The predicted octanol–water partition coefficient (Wildman–Crippen LogP) is 3.83. The van der Waals surface area contributed by atoms with E-state index in [2.05, 4.69) is 0 Å². The number of rotatable bonds is 5. The van der Waals surface area contributed by atoms with Gasteiger partial charge in [-0.05, 0) is 35.4 Å². The van der Waals surface area contributed by atoms with E-state index in [-0.39, 0.29) is 22.3 Å². The van der Waals surface area contributed by atoms with Crippen molar-refractivity contribution in [3.63, 3.8) is 0 Å². The molecule has 4 N–H and O–H groups in total. The van der Waals surface area contributed by atoms with Gasteiger partial charge in [-0.2, -0.15) is 0 Å². The summed E-state index contributed by atoms with van der Waals surface area (Å²) in [6.45, 7) is 0. The Morgan fingerprint density at radius 2 is 0.633 bits per heavy atom. The van der Waals surface area contributed by atoms with E-state index in [0.717, 1.165) is 0 Å². The molecule has 0 bridgehead atoms. The van der Waals surface area contributed by atoms with E-state index in [1.54, 1.807) is 36.4 Å². The minimum atomic E-state index is -1.23. The molecule has 30 heavy (non-hydrogen) atoms. The van der Waals surface area contributed by atoms with Crippen molar-refractivity contribution in [1.82, 2.24) is 0 Å². The van der Waals surface area contributed by atoms with Gasteiger partial charge in [0.15, 0.2) is 0 Å². The topological polar surface area (TPSA) is 149 Å². The number of hydrogen-bond donors (Lipinski definition) is 4. The zero-order valence-corrected chi connectivity index (χ0v) is 15.4. The lowest BCUT2D eigenvalue weighted by molar-refractivity contribution is 0.0651. The highest BCUT2D eigenvalue weighted by atomic mass is 16.4. The highest BCUT2D eigenvalue weighted by Crippen LogP contribution is 2.27. The van der Waals surface area contributed by atoms with E-state index >= 15 is 0 Å². The Labute approximate surface area is 170 Å². The lowest BCUT2D eigenvalue weighted by Gasteiger charge is -2.08. The summed E-state index contributed by atoms with van der Waals surface area (Å²) in [5.74, 6) is -4.61. The zero-order chi connectivity index (χ0) is 22.3. The molecule has 0 heterocycles. The van der Waals surface area contributed by atoms with Gasteiger partial charge in [0.25, 0.3) is 0 Å². The van der Waals surface area contributed by atoms with Gasteiger partial charge in [0.1, 0.15) is 0 Å². The van der Waals surface area contributed by atoms with Gasteiger partial charge in [-0.15, -0.1) is 0 Å². The molecule has 0 radical (unpaired) electrons. The highest BCUT2D eigenvalue weighted by molar-refractivity contribution is 6.02. The Balaban J connectivity index is 0.000000232. The van der Waals surface area contributed by atoms with Gasteiger partial charge in [-0.3, -0.25) is 0 Å². The van der Waals surface area contributed by atoms with Crippen LogP contribution in [0, 0.1) is 0 Å². The third-order valence-electron chi connectivity index (χ3n) is 3.99. The first-order valence-corrected chi connectivity index (χ1v) is 8.44. The second kappa shape index (κ2) is 9.65. The number of hydrogen-bond acceptors (Lipinski definition) is 4. The molecule has 0 amide bonds. The minimum Gasteiger partial charge on any atom is -0.478 e. The standard InChI is InChI=1S/C14H10O4.C8H6O4/c15-13(16)11-7-3-1-5-9(11)10-6-2-4-8-12(10)14(17)18;9-7(10)5-3-1-2-4-6(5)8(11)12/h1-8H,(H,15,16)(H,17,18);1-4H,(H,9,10)(H,11,12). The molecule has 0 atom stereocenters. The van der Waals surface area contributed by atoms with Gasteiger partial charge in [-0.1, -0.05) is 48.5 Å². The number of benzene rings is 3. The summed E-state index contributed by atoms with van der Waals surface area (Å²) in [6, 6.07) is 18.2. The fourth-order valence-electron chi connectivity index (χ4n) is 2.67. The highest BCUT2D eigenvalue weighted by Gasteiger charge is 2.16. The number of aromatic carboxylic acids is 4. The third kappa shape index (κ3) is 5.08. The molecule has 152 valence electrons. The van der Waals surface area contributed by atoms with Crippen LogP contribution in [0.1, 0.15) is 41.4 Å². The van der Waals surface area contributed by atoms with E-state index in [9.17, 15) is 19.2 Å². The molecule has 0 saturated heterocycles. The van der Waals surface area contributed by atoms with E-state index in [0.29, 0.717) is 11.1 Å². The zero-order valence-electron chi connectivity index (χ0n) is 15.4. The molecular weight excluding hydrogens is 392 g/mol. The van der Waals surface area contributed by atoms with E-state index in [4.69, 9.17) is 20.4 Å². The molecule has 3 aromatic carbocycles. The molecule has 3 rings (SSSR count). The van der Waals surface area contributed by atoms with Crippen LogP contribution in [-0.4, -0.2) is 44.3 Å². The maximum atomic E-state index is 11.1. The van der Waals surface area contributed by atoms with Gasteiger partial charge in [-0.25, -0.2) is 19.2 Å². The Bertz CT molecular complexity index is 1030. The van der Waals surface area contributed by atoms with Crippen LogP contribution < -0.4 is 0 Å². The van der Waals surface area contributed by atoms with Crippen LogP contribution in [0.5, 0.6) is 0 Å². The molecule has 0 spiro atoms. The largest absolute Gasteiger partial charge is 0.478 e. The average molecular weight is 408 g/mol. The maximum absolute atomic E-state index is 11.1. The van der Waals surface area contributed by atoms with Crippen LogP contribution in [-0.2, 0) is 0 Å². The van der Waals surface area contributed by atoms with Crippen molar-refractivity contribution in [2.45, 2.75) is 0 Å². The van der Waals surface area contributed by atoms with Crippen molar-refractivity contribution in [2.75, 3.05) is 0 Å². The minimum absolute atomic E-state index is 0.0891. The summed E-state index contributed by atoms with van der Waals surface area (Å²) >= 11 is 0. The summed E-state index contributed by atoms with van der Waals surface area (Å²) in [6.07, 6.45) is 0. The number of carboxylic acid groups (broad SMARTS) is 4. The van der Waals surface area contributed by atoms with Crippen LogP contribution in [0.4, 0.5) is 0 Å². The van der Waals surface area contributed by atoms with Crippen molar-refractivity contribution in [3.05, 3.63) is 95.1 Å². The summed E-state index contributed by atoms with van der Waals surface area (Å²) in [7, 11) is 0. The smallest absolute Gasteiger partial charge is 0.336 e. The summed E-state index contributed by atoms with van der Waals surface area (Å²) in [5.41, 5.74) is 0.610. The SMILES string of the molecule is O=C(O)c1ccccc1-c1ccccc1C(=O)O.O=C(O)c1ccccc1C(=O)O. The fourth-order valence-corrected chi connectivity index (χ4v) is 2.67. The van der Waals surface area contributed by atoms with E-state index < -0.39 is 23.9 Å². The molecule has 0 aromatic heterocycles. The summed E-state index contributed by atoms with van der Waals surface area (Å²) < 4.78 is 0. The second-order valence-electron chi connectivity index (χ2n) is 5.86. The van der Waals surface area contributed by atoms with Crippen LogP contribution in [0.15, 0.2) is 72.8 Å². The lowest BCUT2D eigenvalue weighted by Crippen LogP contribution is -2.06. The quantitative estimate of drug-likeness (QED) is 0.497. The molecule has 8 nitrogen and oxygen atoms in total.